The molecule has 1 aliphatic rings. The second kappa shape index (κ2) is 5.95. The van der Waals surface area contributed by atoms with Gasteiger partial charge in [-0.2, -0.15) is 11.8 Å². The van der Waals surface area contributed by atoms with E-state index in [1.54, 1.807) is 17.8 Å². The lowest BCUT2D eigenvalue weighted by Gasteiger charge is -2.36. The number of rotatable bonds is 3. The fourth-order valence-corrected chi connectivity index (χ4v) is 5.55. The topological polar surface area (TPSA) is 87.2 Å². The Morgan fingerprint density at radius 3 is 2.80 bits per heavy atom. The molecule has 0 spiro atoms. The Balaban J connectivity index is 2.38. The standard InChI is InChI=1S/C12H16BrN3O2S2/c1-20(17,18)11-7-19-5-4-16(11)8-2-3-9(12(14)15)10(13)6-8/h2-3,6,11H,4-5,7H2,1H3,(H3,14,15). The average Bonchev–Trinajstić information content (AvgIpc) is 2.37. The lowest BCUT2D eigenvalue weighted by Crippen LogP contribution is -2.47. The van der Waals surface area contributed by atoms with Crippen molar-refractivity contribution in [1.82, 2.24) is 0 Å². The van der Waals surface area contributed by atoms with Gasteiger partial charge in [0.25, 0.3) is 0 Å². The molecule has 2 rings (SSSR count). The molecule has 110 valence electrons. The van der Waals surface area contributed by atoms with Crippen LogP contribution in [0.25, 0.3) is 0 Å². The van der Waals surface area contributed by atoms with Gasteiger partial charge < -0.3 is 10.6 Å². The van der Waals surface area contributed by atoms with Crippen molar-refractivity contribution in [3.8, 4) is 0 Å². The van der Waals surface area contributed by atoms with Gasteiger partial charge in [0.15, 0.2) is 9.84 Å². The van der Waals surface area contributed by atoms with Crippen LogP contribution in [0.5, 0.6) is 0 Å². The number of anilines is 1. The van der Waals surface area contributed by atoms with Gasteiger partial charge in [0, 0.05) is 40.0 Å². The Morgan fingerprint density at radius 1 is 1.55 bits per heavy atom. The number of nitrogens with zero attached hydrogens (tertiary/aromatic N) is 1. The fraction of sp³-hybridized carbons (Fsp3) is 0.417. The van der Waals surface area contributed by atoms with E-state index in [-0.39, 0.29) is 5.84 Å². The molecule has 1 saturated heterocycles. The van der Waals surface area contributed by atoms with E-state index in [0.29, 0.717) is 22.3 Å². The molecular formula is C12H16BrN3O2S2. The smallest absolute Gasteiger partial charge is 0.169 e. The number of hydrogen-bond donors (Lipinski definition) is 2. The maximum Gasteiger partial charge on any atom is 0.169 e. The fourth-order valence-electron chi connectivity index (χ4n) is 2.13. The molecule has 1 unspecified atom stereocenters. The second-order valence-electron chi connectivity index (χ2n) is 4.63. The molecule has 5 nitrogen and oxygen atoms in total. The first kappa shape index (κ1) is 15.7. The first-order chi connectivity index (χ1) is 9.30. The van der Waals surface area contributed by atoms with Gasteiger partial charge in [-0.15, -0.1) is 0 Å². The summed E-state index contributed by atoms with van der Waals surface area (Å²) >= 11 is 5.04. The van der Waals surface area contributed by atoms with Crippen molar-refractivity contribution >= 4 is 49.1 Å². The summed E-state index contributed by atoms with van der Waals surface area (Å²) in [6.45, 7) is 0.689. The van der Waals surface area contributed by atoms with Gasteiger partial charge in [0.2, 0.25) is 0 Å². The van der Waals surface area contributed by atoms with Crippen LogP contribution in [0.15, 0.2) is 22.7 Å². The quantitative estimate of drug-likeness (QED) is 0.617. The van der Waals surface area contributed by atoms with Crippen LogP contribution in [0.4, 0.5) is 5.69 Å². The Bertz CT molecular complexity index is 634. The molecule has 3 N–H and O–H groups in total. The van der Waals surface area contributed by atoms with Gasteiger partial charge in [-0.25, -0.2) is 8.42 Å². The third-order valence-corrected chi connectivity index (χ3v) is 6.45. The molecule has 8 heteroatoms. The number of thioether (sulfide) groups is 1. The van der Waals surface area contributed by atoms with E-state index in [9.17, 15) is 8.42 Å². The van der Waals surface area contributed by atoms with Gasteiger partial charge >= 0.3 is 0 Å². The Morgan fingerprint density at radius 2 is 2.25 bits per heavy atom. The van der Waals surface area contributed by atoms with Crippen LogP contribution in [0.2, 0.25) is 0 Å². The molecule has 0 aromatic heterocycles. The Hall–Kier alpha value is -0.730. The van der Waals surface area contributed by atoms with E-state index in [4.69, 9.17) is 11.1 Å². The molecule has 1 aliphatic heterocycles. The molecule has 20 heavy (non-hydrogen) atoms. The number of halogens is 1. The van der Waals surface area contributed by atoms with Crippen LogP contribution in [-0.4, -0.2) is 43.9 Å². The van der Waals surface area contributed by atoms with Gasteiger partial charge in [-0.05, 0) is 34.1 Å². The first-order valence-corrected chi connectivity index (χ1v) is 9.88. The summed E-state index contributed by atoms with van der Waals surface area (Å²) in [4.78, 5) is 1.90. The summed E-state index contributed by atoms with van der Waals surface area (Å²) < 4.78 is 24.5. The molecule has 0 aliphatic carbocycles. The maximum absolute atomic E-state index is 11.9. The minimum Gasteiger partial charge on any atom is -0.384 e. The molecule has 0 amide bonds. The van der Waals surface area contributed by atoms with Crippen molar-refractivity contribution < 1.29 is 8.42 Å². The molecule has 0 saturated carbocycles. The summed E-state index contributed by atoms with van der Waals surface area (Å²) in [6, 6.07) is 5.38. The van der Waals surface area contributed by atoms with Crippen LogP contribution in [0.1, 0.15) is 5.56 Å². The Labute approximate surface area is 131 Å². The first-order valence-electron chi connectivity index (χ1n) is 5.98. The predicted molar refractivity (Wildman–Crippen MR) is 88.5 cm³/mol. The highest BCUT2D eigenvalue weighted by Gasteiger charge is 2.31. The second-order valence-corrected chi connectivity index (χ2v) is 8.84. The third-order valence-electron chi connectivity index (χ3n) is 3.15. The molecule has 1 atom stereocenters. The molecule has 1 fully saturated rings. The van der Waals surface area contributed by atoms with E-state index in [2.05, 4.69) is 15.9 Å². The van der Waals surface area contributed by atoms with Crippen molar-refractivity contribution in [2.45, 2.75) is 5.37 Å². The van der Waals surface area contributed by atoms with Crippen LogP contribution in [0.3, 0.4) is 0 Å². The summed E-state index contributed by atoms with van der Waals surface area (Å²) in [7, 11) is -3.14. The highest BCUT2D eigenvalue weighted by molar-refractivity contribution is 9.10. The number of hydrogen-bond acceptors (Lipinski definition) is 5. The van der Waals surface area contributed by atoms with Gasteiger partial charge in [0.1, 0.15) is 11.2 Å². The van der Waals surface area contributed by atoms with E-state index in [0.717, 1.165) is 11.4 Å². The zero-order valence-corrected chi connectivity index (χ0v) is 14.2. The number of nitrogens with two attached hydrogens (primary N) is 1. The predicted octanol–water partition coefficient (Wildman–Crippen LogP) is 1.66. The van der Waals surface area contributed by atoms with Gasteiger partial charge in [-0.3, -0.25) is 5.41 Å². The van der Waals surface area contributed by atoms with Crippen molar-refractivity contribution in [3.63, 3.8) is 0 Å². The summed E-state index contributed by atoms with van der Waals surface area (Å²) in [5.74, 6) is 1.46. The SMILES string of the molecule is CS(=O)(=O)C1CSCCN1c1ccc(C(=N)N)c(Br)c1. The lowest BCUT2D eigenvalue weighted by atomic mass is 10.2. The minimum absolute atomic E-state index is 0.0164. The molecule has 1 heterocycles. The largest absolute Gasteiger partial charge is 0.384 e. The van der Waals surface area contributed by atoms with E-state index in [1.165, 1.54) is 6.26 Å². The van der Waals surface area contributed by atoms with E-state index in [1.807, 2.05) is 17.0 Å². The highest BCUT2D eigenvalue weighted by Crippen LogP contribution is 2.30. The Kier molecular flexibility index (Phi) is 4.66. The minimum atomic E-state index is -3.14. The molecular weight excluding hydrogens is 362 g/mol. The number of nitrogens with one attached hydrogen (secondary N) is 1. The van der Waals surface area contributed by atoms with Crippen molar-refractivity contribution in [2.24, 2.45) is 5.73 Å². The zero-order chi connectivity index (χ0) is 14.9. The molecule has 1 aromatic rings. The van der Waals surface area contributed by atoms with Crippen LogP contribution in [0, 0.1) is 5.41 Å². The van der Waals surface area contributed by atoms with Crippen LogP contribution < -0.4 is 10.6 Å². The normalized spacial score (nSPS) is 19.9. The monoisotopic (exact) mass is 377 g/mol. The summed E-state index contributed by atoms with van der Waals surface area (Å²) in [6.07, 6.45) is 1.27. The van der Waals surface area contributed by atoms with E-state index < -0.39 is 15.2 Å². The molecule has 0 bridgehead atoms. The van der Waals surface area contributed by atoms with Crippen molar-refractivity contribution in [1.29, 1.82) is 5.41 Å². The molecule has 1 aromatic carbocycles. The molecule has 0 radical (unpaired) electrons. The van der Waals surface area contributed by atoms with E-state index >= 15 is 0 Å². The third kappa shape index (κ3) is 3.29. The van der Waals surface area contributed by atoms with Crippen LogP contribution >= 0.6 is 27.7 Å². The average molecular weight is 378 g/mol. The number of benzene rings is 1. The number of sulfone groups is 1. The van der Waals surface area contributed by atoms with Crippen molar-refractivity contribution in [2.75, 3.05) is 29.2 Å². The number of amidine groups is 1. The van der Waals surface area contributed by atoms with Gasteiger partial charge in [0.05, 0.1) is 0 Å². The zero-order valence-electron chi connectivity index (χ0n) is 11.0. The highest BCUT2D eigenvalue weighted by atomic mass is 79.9. The number of nitrogen functional groups attached to an aromatic ring is 1. The maximum atomic E-state index is 11.9. The van der Waals surface area contributed by atoms with Crippen LogP contribution in [-0.2, 0) is 9.84 Å². The van der Waals surface area contributed by atoms with Crippen molar-refractivity contribution in [3.05, 3.63) is 28.2 Å². The lowest BCUT2D eigenvalue weighted by molar-refractivity contribution is 0.584. The summed E-state index contributed by atoms with van der Waals surface area (Å²) in [5.41, 5.74) is 6.92. The van der Waals surface area contributed by atoms with Gasteiger partial charge in [-0.1, -0.05) is 0 Å². The summed E-state index contributed by atoms with van der Waals surface area (Å²) in [5, 5.41) is 6.96.